The average molecular weight is 282 g/mol. The summed E-state index contributed by atoms with van der Waals surface area (Å²) in [4.78, 5) is 7.03. The second-order valence-electron chi connectivity index (χ2n) is 5.54. The Kier molecular flexibility index (Phi) is 4.51. The third kappa shape index (κ3) is 3.42. The monoisotopic (exact) mass is 282 g/mol. The van der Waals surface area contributed by atoms with E-state index in [1.165, 1.54) is 37.9 Å². The summed E-state index contributed by atoms with van der Waals surface area (Å²) in [6.45, 7) is 4.62. The van der Waals surface area contributed by atoms with E-state index in [1.807, 2.05) is 42.6 Å². The Morgan fingerprint density at radius 2 is 2.05 bits per heavy atom. The first kappa shape index (κ1) is 14.1. The van der Waals surface area contributed by atoms with Gasteiger partial charge in [-0.25, -0.2) is 4.98 Å². The molecule has 1 fully saturated rings. The number of ether oxygens (including phenoxy) is 1. The minimum Gasteiger partial charge on any atom is -0.439 e. The molecule has 0 bridgehead atoms. The van der Waals surface area contributed by atoms with Crippen LogP contribution in [-0.2, 0) is 0 Å². The number of likely N-dealkylation sites (tertiary alicyclic amines) is 1. The van der Waals surface area contributed by atoms with Crippen molar-refractivity contribution in [3.05, 3.63) is 54.2 Å². The lowest BCUT2D eigenvalue weighted by molar-refractivity contribution is 0.257. The molecule has 3 heteroatoms. The van der Waals surface area contributed by atoms with Crippen molar-refractivity contribution in [2.24, 2.45) is 0 Å². The maximum atomic E-state index is 5.75. The minimum absolute atomic E-state index is 0.531. The van der Waals surface area contributed by atoms with Crippen LogP contribution in [0, 0.1) is 0 Å². The fourth-order valence-corrected chi connectivity index (χ4v) is 3.02. The Morgan fingerprint density at radius 1 is 1.19 bits per heavy atom. The molecule has 1 atom stereocenters. The second kappa shape index (κ2) is 6.72. The molecule has 1 saturated heterocycles. The van der Waals surface area contributed by atoms with Gasteiger partial charge < -0.3 is 4.74 Å². The number of hydrogen-bond donors (Lipinski definition) is 0. The molecule has 0 spiro atoms. The summed E-state index contributed by atoms with van der Waals surface area (Å²) in [7, 11) is 0. The van der Waals surface area contributed by atoms with Gasteiger partial charge in [0.25, 0.3) is 0 Å². The summed E-state index contributed by atoms with van der Waals surface area (Å²) in [5, 5.41) is 0. The van der Waals surface area contributed by atoms with Gasteiger partial charge in [-0.3, -0.25) is 4.90 Å². The van der Waals surface area contributed by atoms with E-state index < -0.39 is 0 Å². The van der Waals surface area contributed by atoms with E-state index in [4.69, 9.17) is 4.74 Å². The van der Waals surface area contributed by atoms with E-state index in [0.29, 0.717) is 11.9 Å². The van der Waals surface area contributed by atoms with Gasteiger partial charge in [0.05, 0.1) is 0 Å². The Bertz CT molecular complexity index is 553. The number of hydrogen-bond acceptors (Lipinski definition) is 3. The van der Waals surface area contributed by atoms with Crippen molar-refractivity contribution in [3.63, 3.8) is 0 Å². The SMILES string of the molecule is CCCN1CCC[C@H]1c1ccc(Oc2ccccc2)nc1. The minimum atomic E-state index is 0.531. The lowest BCUT2D eigenvalue weighted by atomic mass is 10.1. The molecule has 0 unspecified atom stereocenters. The Labute approximate surface area is 126 Å². The van der Waals surface area contributed by atoms with Gasteiger partial charge in [-0.1, -0.05) is 31.2 Å². The van der Waals surface area contributed by atoms with Crippen LogP contribution < -0.4 is 4.74 Å². The van der Waals surface area contributed by atoms with E-state index in [9.17, 15) is 0 Å². The van der Waals surface area contributed by atoms with Crippen molar-refractivity contribution in [1.82, 2.24) is 9.88 Å². The Morgan fingerprint density at radius 3 is 2.76 bits per heavy atom. The molecular weight excluding hydrogens is 260 g/mol. The molecular formula is C18H22N2O. The van der Waals surface area contributed by atoms with Crippen LogP contribution in [0.2, 0.25) is 0 Å². The largest absolute Gasteiger partial charge is 0.439 e. The third-order valence-electron chi connectivity index (χ3n) is 3.98. The summed E-state index contributed by atoms with van der Waals surface area (Å²) in [6, 6.07) is 14.4. The molecule has 1 aliphatic heterocycles. The third-order valence-corrected chi connectivity index (χ3v) is 3.98. The molecule has 1 aromatic carbocycles. The summed E-state index contributed by atoms with van der Waals surface area (Å²) in [5.41, 5.74) is 1.31. The van der Waals surface area contributed by atoms with Crippen LogP contribution in [0.1, 0.15) is 37.8 Å². The highest BCUT2D eigenvalue weighted by atomic mass is 16.5. The highest BCUT2D eigenvalue weighted by molar-refractivity contribution is 5.28. The Hall–Kier alpha value is -1.87. The highest BCUT2D eigenvalue weighted by Crippen LogP contribution is 2.32. The molecule has 3 nitrogen and oxygen atoms in total. The number of benzene rings is 1. The second-order valence-corrected chi connectivity index (χ2v) is 5.54. The number of para-hydroxylation sites is 1. The fraction of sp³-hybridized carbons (Fsp3) is 0.389. The van der Waals surface area contributed by atoms with Gasteiger partial charge in [0.15, 0.2) is 0 Å². The smallest absolute Gasteiger partial charge is 0.219 e. The van der Waals surface area contributed by atoms with Crippen molar-refractivity contribution in [1.29, 1.82) is 0 Å². The predicted molar refractivity (Wildman–Crippen MR) is 84.6 cm³/mol. The average Bonchev–Trinajstić information content (AvgIpc) is 2.98. The molecule has 0 amide bonds. The maximum absolute atomic E-state index is 5.75. The molecule has 1 aromatic heterocycles. The van der Waals surface area contributed by atoms with Crippen LogP contribution in [0.15, 0.2) is 48.7 Å². The van der Waals surface area contributed by atoms with Crippen molar-refractivity contribution in [2.75, 3.05) is 13.1 Å². The summed E-state index contributed by atoms with van der Waals surface area (Å²) in [6.07, 6.45) is 5.70. The highest BCUT2D eigenvalue weighted by Gasteiger charge is 2.25. The number of pyridine rings is 1. The van der Waals surface area contributed by atoms with Crippen molar-refractivity contribution in [3.8, 4) is 11.6 Å². The van der Waals surface area contributed by atoms with Gasteiger partial charge in [-0.2, -0.15) is 0 Å². The van der Waals surface area contributed by atoms with E-state index >= 15 is 0 Å². The number of nitrogens with zero attached hydrogens (tertiary/aromatic N) is 2. The van der Waals surface area contributed by atoms with Crippen LogP contribution in [0.3, 0.4) is 0 Å². The van der Waals surface area contributed by atoms with Crippen molar-refractivity contribution < 1.29 is 4.74 Å². The van der Waals surface area contributed by atoms with Gasteiger partial charge in [-0.05, 0) is 50.0 Å². The van der Waals surface area contributed by atoms with Gasteiger partial charge in [0, 0.05) is 18.3 Å². The van der Waals surface area contributed by atoms with Gasteiger partial charge in [-0.15, -0.1) is 0 Å². The summed E-state index contributed by atoms with van der Waals surface area (Å²) >= 11 is 0. The molecule has 0 N–H and O–H groups in total. The molecule has 21 heavy (non-hydrogen) atoms. The zero-order valence-electron chi connectivity index (χ0n) is 12.5. The summed E-state index contributed by atoms with van der Waals surface area (Å²) < 4.78 is 5.75. The molecule has 2 aromatic rings. The van der Waals surface area contributed by atoms with Crippen LogP contribution in [0.4, 0.5) is 0 Å². The number of aromatic nitrogens is 1. The van der Waals surface area contributed by atoms with Gasteiger partial charge in [0.2, 0.25) is 5.88 Å². The molecule has 2 heterocycles. The Balaban J connectivity index is 1.69. The van der Waals surface area contributed by atoms with Crippen LogP contribution >= 0.6 is 0 Å². The quantitative estimate of drug-likeness (QED) is 0.811. The van der Waals surface area contributed by atoms with Gasteiger partial charge >= 0.3 is 0 Å². The standard InChI is InChI=1S/C18H22N2O/c1-2-12-20-13-6-9-17(20)15-10-11-18(19-14-15)21-16-7-4-3-5-8-16/h3-5,7-8,10-11,14,17H,2,6,9,12-13H2,1H3/t17-/m0/s1. The lowest BCUT2D eigenvalue weighted by Crippen LogP contribution is -2.24. The number of rotatable bonds is 5. The molecule has 3 rings (SSSR count). The predicted octanol–water partition coefficient (Wildman–Crippen LogP) is 4.42. The molecule has 1 aliphatic rings. The molecule has 0 aliphatic carbocycles. The normalized spacial score (nSPS) is 18.8. The first-order valence-electron chi connectivity index (χ1n) is 7.79. The van der Waals surface area contributed by atoms with E-state index in [-0.39, 0.29) is 0 Å². The summed E-state index contributed by atoms with van der Waals surface area (Å²) in [5.74, 6) is 1.48. The van der Waals surface area contributed by atoms with Gasteiger partial charge in [0.1, 0.15) is 5.75 Å². The maximum Gasteiger partial charge on any atom is 0.219 e. The molecule has 0 saturated carbocycles. The van der Waals surface area contributed by atoms with Crippen LogP contribution in [-0.4, -0.2) is 23.0 Å². The first-order chi connectivity index (χ1) is 10.4. The van der Waals surface area contributed by atoms with Crippen molar-refractivity contribution >= 4 is 0 Å². The molecule has 110 valence electrons. The zero-order chi connectivity index (χ0) is 14.5. The van der Waals surface area contributed by atoms with E-state index in [1.54, 1.807) is 0 Å². The van der Waals surface area contributed by atoms with Crippen LogP contribution in [0.5, 0.6) is 11.6 Å². The first-order valence-corrected chi connectivity index (χ1v) is 7.79. The zero-order valence-corrected chi connectivity index (χ0v) is 12.5. The lowest BCUT2D eigenvalue weighted by Gasteiger charge is -2.23. The van der Waals surface area contributed by atoms with E-state index in [0.717, 1.165) is 5.75 Å². The fourth-order valence-electron chi connectivity index (χ4n) is 3.02. The van der Waals surface area contributed by atoms with Crippen molar-refractivity contribution in [2.45, 2.75) is 32.2 Å². The molecule has 0 radical (unpaired) electrons. The van der Waals surface area contributed by atoms with Crippen LogP contribution in [0.25, 0.3) is 0 Å². The van der Waals surface area contributed by atoms with E-state index in [2.05, 4.69) is 22.9 Å². The topological polar surface area (TPSA) is 25.4 Å².